The molecule has 1 aromatic carbocycles. The van der Waals surface area contributed by atoms with E-state index in [0.717, 1.165) is 18.2 Å². The Balaban J connectivity index is 1.86. The van der Waals surface area contributed by atoms with E-state index < -0.39 is 0 Å². The molecule has 1 saturated carbocycles. The Morgan fingerprint density at radius 3 is 2.53 bits per heavy atom. The van der Waals surface area contributed by atoms with E-state index >= 15 is 0 Å². The molecule has 1 N–H and O–H groups in total. The predicted molar refractivity (Wildman–Crippen MR) is 80.5 cm³/mol. The zero-order valence-electron chi connectivity index (χ0n) is 12.3. The van der Waals surface area contributed by atoms with Crippen molar-refractivity contribution >= 4 is 0 Å². The van der Waals surface area contributed by atoms with Gasteiger partial charge < -0.3 is 10.1 Å². The highest BCUT2D eigenvalue weighted by molar-refractivity contribution is 5.33. The average Bonchev–Trinajstić information content (AvgIpc) is 2.74. The number of methoxy groups -OCH3 is 1. The van der Waals surface area contributed by atoms with Crippen LogP contribution >= 0.6 is 0 Å². The molecule has 1 aliphatic rings. The van der Waals surface area contributed by atoms with Crippen LogP contribution < -0.4 is 10.1 Å². The van der Waals surface area contributed by atoms with E-state index in [0.29, 0.717) is 6.04 Å². The molecule has 19 heavy (non-hydrogen) atoms. The van der Waals surface area contributed by atoms with Crippen LogP contribution in [0.2, 0.25) is 0 Å². The lowest BCUT2D eigenvalue weighted by atomic mass is 9.93. The van der Waals surface area contributed by atoms with E-state index in [4.69, 9.17) is 4.74 Å². The molecule has 106 valence electrons. The van der Waals surface area contributed by atoms with Gasteiger partial charge in [-0.25, -0.2) is 0 Å². The maximum Gasteiger partial charge on any atom is 0.123 e. The Morgan fingerprint density at radius 1 is 1.16 bits per heavy atom. The van der Waals surface area contributed by atoms with Crippen LogP contribution in [0.5, 0.6) is 5.75 Å². The molecule has 1 fully saturated rings. The van der Waals surface area contributed by atoms with Gasteiger partial charge in [0.1, 0.15) is 5.75 Å². The van der Waals surface area contributed by atoms with Gasteiger partial charge in [-0.05, 0) is 31.7 Å². The molecule has 0 bridgehead atoms. The highest BCUT2D eigenvalue weighted by Gasteiger charge is 2.18. The first kappa shape index (κ1) is 14.4. The summed E-state index contributed by atoms with van der Waals surface area (Å²) in [6.07, 6.45) is 8.45. The zero-order valence-corrected chi connectivity index (χ0v) is 12.3. The fourth-order valence-electron chi connectivity index (χ4n) is 3.10. The number of nitrogens with one attached hydrogen (secondary N) is 1. The predicted octanol–water partition coefficient (Wildman–Crippen LogP) is 4.14. The van der Waals surface area contributed by atoms with Gasteiger partial charge in [0.2, 0.25) is 0 Å². The number of hydrogen-bond donors (Lipinski definition) is 1. The summed E-state index contributed by atoms with van der Waals surface area (Å²) in [4.78, 5) is 0. The van der Waals surface area contributed by atoms with Gasteiger partial charge in [0.15, 0.2) is 0 Å². The van der Waals surface area contributed by atoms with Crippen LogP contribution in [0.3, 0.4) is 0 Å². The first-order valence-electron chi connectivity index (χ1n) is 7.66. The van der Waals surface area contributed by atoms with E-state index in [-0.39, 0.29) is 0 Å². The fourth-order valence-corrected chi connectivity index (χ4v) is 3.10. The Hall–Kier alpha value is -1.02. The van der Waals surface area contributed by atoms with E-state index in [1.807, 2.05) is 12.1 Å². The second kappa shape index (κ2) is 7.54. The Kier molecular flexibility index (Phi) is 5.71. The number of para-hydroxylation sites is 1. The summed E-state index contributed by atoms with van der Waals surface area (Å²) in [5.74, 6) is 1.83. The molecule has 0 radical (unpaired) electrons. The minimum atomic E-state index is 0.600. The van der Waals surface area contributed by atoms with Gasteiger partial charge in [0, 0.05) is 18.2 Å². The van der Waals surface area contributed by atoms with Gasteiger partial charge in [-0.3, -0.25) is 0 Å². The third-order valence-electron chi connectivity index (χ3n) is 4.41. The molecule has 2 rings (SSSR count). The molecule has 0 unspecified atom stereocenters. The summed E-state index contributed by atoms with van der Waals surface area (Å²) < 4.78 is 5.40. The van der Waals surface area contributed by atoms with Crippen molar-refractivity contribution in [1.82, 2.24) is 5.32 Å². The minimum Gasteiger partial charge on any atom is -0.496 e. The lowest BCUT2D eigenvalue weighted by molar-refractivity contribution is 0.333. The Labute approximate surface area is 117 Å². The summed E-state index contributed by atoms with van der Waals surface area (Å²) in [6, 6.07) is 8.88. The lowest BCUT2D eigenvalue weighted by Crippen LogP contribution is -2.33. The van der Waals surface area contributed by atoms with Gasteiger partial charge in [-0.2, -0.15) is 0 Å². The van der Waals surface area contributed by atoms with Crippen molar-refractivity contribution < 1.29 is 4.74 Å². The molecule has 1 aromatic rings. The topological polar surface area (TPSA) is 21.3 Å². The fraction of sp³-hybridized carbons (Fsp3) is 0.647. The summed E-state index contributed by atoms with van der Waals surface area (Å²) in [6.45, 7) is 3.24. The summed E-state index contributed by atoms with van der Waals surface area (Å²) >= 11 is 0. The molecule has 0 amide bonds. The first-order valence-corrected chi connectivity index (χ1v) is 7.66. The van der Waals surface area contributed by atoms with Crippen molar-refractivity contribution in [3.63, 3.8) is 0 Å². The molecule has 0 spiro atoms. The number of rotatable bonds is 5. The molecular formula is C17H27NO. The number of ether oxygens (including phenoxy) is 1. The van der Waals surface area contributed by atoms with Gasteiger partial charge in [0.05, 0.1) is 7.11 Å². The molecule has 0 aromatic heterocycles. The number of hydrogen-bond acceptors (Lipinski definition) is 2. The zero-order chi connectivity index (χ0) is 13.5. The van der Waals surface area contributed by atoms with Crippen LogP contribution in [0, 0.1) is 5.92 Å². The van der Waals surface area contributed by atoms with Gasteiger partial charge >= 0.3 is 0 Å². The van der Waals surface area contributed by atoms with Gasteiger partial charge in [0.25, 0.3) is 0 Å². The maximum absolute atomic E-state index is 5.40. The minimum absolute atomic E-state index is 0.600. The molecular weight excluding hydrogens is 234 g/mol. The maximum atomic E-state index is 5.40. The van der Waals surface area contributed by atoms with Crippen molar-refractivity contribution in [2.75, 3.05) is 7.11 Å². The van der Waals surface area contributed by atoms with E-state index in [9.17, 15) is 0 Å². The third-order valence-corrected chi connectivity index (χ3v) is 4.41. The van der Waals surface area contributed by atoms with E-state index in [2.05, 4.69) is 24.4 Å². The standard InChI is InChI=1S/C17H27NO/c1-14(15-9-5-3-4-6-10-15)18-13-16-11-7-8-12-17(16)19-2/h7-8,11-12,14-15,18H,3-6,9-10,13H2,1-2H3/t14-/m0/s1. The Morgan fingerprint density at radius 2 is 1.84 bits per heavy atom. The highest BCUT2D eigenvalue weighted by atomic mass is 16.5. The van der Waals surface area contributed by atoms with Crippen LogP contribution in [0.15, 0.2) is 24.3 Å². The molecule has 0 saturated heterocycles. The van der Waals surface area contributed by atoms with Crippen LogP contribution in [0.1, 0.15) is 51.0 Å². The van der Waals surface area contributed by atoms with Gasteiger partial charge in [-0.1, -0.05) is 43.9 Å². The largest absolute Gasteiger partial charge is 0.496 e. The van der Waals surface area contributed by atoms with E-state index in [1.165, 1.54) is 44.1 Å². The van der Waals surface area contributed by atoms with Crippen molar-refractivity contribution in [3.05, 3.63) is 29.8 Å². The van der Waals surface area contributed by atoms with Crippen molar-refractivity contribution in [2.45, 2.75) is 58.0 Å². The molecule has 1 aliphatic carbocycles. The monoisotopic (exact) mass is 261 g/mol. The van der Waals surface area contributed by atoms with Crippen LogP contribution in [-0.4, -0.2) is 13.2 Å². The first-order chi connectivity index (χ1) is 9.31. The summed E-state index contributed by atoms with van der Waals surface area (Å²) in [7, 11) is 1.74. The highest BCUT2D eigenvalue weighted by Crippen LogP contribution is 2.26. The molecule has 0 heterocycles. The molecule has 0 aliphatic heterocycles. The summed E-state index contributed by atoms with van der Waals surface area (Å²) in [5, 5.41) is 3.69. The SMILES string of the molecule is COc1ccccc1CN[C@@H](C)C1CCCCCC1. The van der Waals surface area contributed by atoms with E-state index in [1.54, 1.807) is 7.11 Å². The van der Waals surface area contributed by atoms with Crippen molar-refractivity contribution in [2.24, 2.45) is 5.92 Å². The molecule has 1 atom stereocenters. The normalized spacial score (nSPS) is 18.8. The quantitative estimate of drug-likeness (QED) is 0.804. The second-order valence-corrected chi connectivity index (χ2v) is 5.73. The van der Waals surface area contributed by atoms with Crippen LogP contribution in [0.25, 0.3) is 0 Å². The van der Waals surface area contributed by atoms with Crippen LogP contribution in [0.4, 0.5) is 0 Å². The third kappa shape index (κ3) is 4.24. The van der Waals surface area contributed by atoms with Crippen molar-refractivity contribution in [3.8, 4) is 5.75 Å². The smallest absolute Gasteiger partial charge is 0.123 e. The number of benzene rings is 1. The van der Waals surface area contributed by atoms with Crippen molar-refractivity contribution in [1.29, 1.82) is 0 Å². The average molecular weight is 261 g/mol. The molecule has 2 heteroatoms. The lowest BCUT2D eigenvalue weighted by Gasteiger charge is -2.24. The van der Waals surface area contributed by atoms with Crippen LogP contribution in [-0.2, 0) is 6.54 Å². The molecule has 2 nitrogen and oxygen atoms in total. The van der Waals surface area contributed by atoms with Gasteiger partial charge in [-0.15, -0.1) is 0 Å². The second-order valence-electron chi connectivity index (χ2n) is 5.73. The Bertz CT molecular complexity index is 369. The summed E-state index contributed by atoms with van der Waals surface area (Å²) in [5.41, 5.74) is 1.26.